The molecule has 1 atom stereocenters. The third-order valence-electron chi connectivity index (χ3n) is 3.26. The molecule has 0 spiro atoms. The molecule has 3 nitrogen and oxygen atoms in total. The smallest absolute Gasteiger partial charge is 0.119 e. The Balaban J connectivity index is 0.00000180. The zero-order valence-corrected chi connectivity index (χ0v) is 12.5. The van der Waals surface area contributed by atoms with Crippen LogP contribution in [-0.2, 0) is 0 Å². The number of unbranched alkanes of at least 4 members (excludes halogenated alkanes) is 1. The molecule has 1 unspecified atom stereocenters. The van der Waals surface area contributed by atoms with Crippen LogP contribution in [-0.4, -0.2) is 25.5 Å². The van der Waals surface area contributed by atoms with E-state index in [9.17, 15) is 0 Å². The molecule has 0 bridgehead atoms. The van der Waals surface area contributed by atoms with E-state index in [-0.39, 0.29) is 12.4 Å². The van der Waals surface area contributed by atoms with E-state index in [0.717, 1.165) is 37.7 Å². The van der Waals surface area contributed by atoms with Gasteiger partial charge in [0.2, 0.25) is 0 Å². The van der Waals surface area contributed by atoms with Gasteiger partial charge in [-0.1, -0.05) is 32.4 Å². The van der Waals surface area contributed by atoms with Gasteiger partial charge in [0.1, 0.15) is 11.6 Å². The first kappa shape index (κ1) is 15.8. The molecule has 0 fully saturated rings. The number of halogens is 1. The molecule has 1 aliphatic heterocycles. The van der Waals surface area contributed by atoms with Gasteiger partial charge in [0.15, 0.2) is 0 Å². The lowest BCUT2D eigenvalue weighted by molar-refractivity contribution is 0.309. The average molecular weight is 283 g/mol. The Morgan fingerprint density at radius 3 is 2.63 bits per heavy atom. The second-order valence-electron chi connectivity index (χ2n) is 4.69. The van der Waals surface area contributed by atoms with Gasteiger partial charge >= 0.3 is 0 Å². The number of amidine groups is 1. The van der Waals surface area contributed by atoms with E-state index in [1.54, 1.807) is 0 Å². The van der Waals surface area contributed by atoms with Gasteiger partial charge in [-0.15, -0.1) is 12.4 Å². The number of benzene rings is 1. The second-order valence-corrected chi connectivity index (χ2v) is 4.69. The predicted molar refractivity (Wildman–Crippen MR) is 82.8 cm³/mol. The molecule has 0 aromatic heterocycles. The highest BCUT2D eigenvalue weighted by Gasteiger charge is 2.15. The molecular formula is C15H23ClN2O. The Bertz CT molecular complexity index is 403. The fourth-order valence-electron chi connectivity index (χ4n) is 2.05. The van der Waals surface area contributed by atoms with Crippen molar-refractivity contribution < 1.29 is 4.74 Å². The van der Waals surface area contributed by atoms with Crippen LogP contribution in [0.1, 0.15) is 38.2 Å². The molecule has 1 aliphatic rings. The minimum absolute atomic E-state index is 0. The standard InChI is InChI=1S/C15H22N2O.ClH/c1-3-4-11-18-14-7-5-13(6-8-14)12(2)15-16-9-10-17-15;/h5-8,12H,3-4,9-11H2,1-2H3,(H,16,17);1H. The van der Waals surface area contributed by atoms with Gasteiger partial charge in [-0.05, 0) is 24.1 Å². The summed E-state index contributed by atoms with van der Waals surface area (Å²) in [5, 5.41) is 3.33. The second kappa shape index (κ2) is 8.05. The van der Waals surface area contributed by atoms with Crippen molar-refractivity contribution in [1.82, 2.24) is 5.32 Å². The van der Waals surface area contributed by atoms with Crippen molar-refractivity contribution in [1.29, 1.82) is 0 Å². The van der Waals surface area contributed by atoms with Gasteiger partial charge in [-0.3, -0.25) is 4.99 Å². The normalized spacial score (nSPS) is 15.2. The summed E-state index contributed by atoms with van der Waals surface area (Å²) in [5.41, 5.74) is 1.28. The molecule has 0 radical (unpaired) electrons. The predicted octanol–water partition coefficient (Wildman–Crippen LogP) is 3.39. The first-order valence-electron chi connectivity index (χ1n) is 6.82. The van der Waals surface area contributed by atoms with Crippen LogP contribution < -0.4 is 10.1 Å². The quantitative estimate of drug-likeness (QED) is 0.812. The summed E-state index contributed by atoms with van der Waals surface area (Å²) in [5.74, 6) is 2.41. The number of rotatable bonds is 6. The molecule has 0 aliphatic carbocycles. The zero-order chi connectivity index (χ0) is 12.8. The van der Waals surface area contributed by atoms with Gasteiger partial charge in [-0.25, -0.2) is 0 Å². The number of ether oxygens (including phenoxy) is 1. The highest BCUT2D eigenvalue weighted by Crippen LogP contribution is 2.21. The monoisotopic (exact) mass is 282 g/mol. The van der Waals surface area contributed by atoms with Crippen molar-refractivity contribution in [2.75, 3.05) is 19.7 Å². The Morgan fingerprint density at radius 2 is 2.05 bits per heavy atom. The summed E-state index contributed by atoms with van der Waals surface area (Å²) in [6.45, 7) is 7.03. The summed E-state index contributed by atoms with van der Waals surface area (Å²) >= 11 is 0. The van der Waals surface area contributed by atoms with Crippen LogP contribution in [0.15, 0.2) is 29.3 Å². The lowest BCUT2D eigenvalue weighted by Crippen LogP contribution is -2.23. The Labute approximate surface area is 121 Å². The Kier molecular flexibility index (Phi) is 6.71. The number of hydrogen-bond acceptors (Lipinski definition) is 3. The van der Waals surface area contributed by atoms with E-state index in [0.29, 0.717) is 5.92 Å². The molecule has 4 heteroatoms. The highest BCUT2D eigenvalue weighted by atomic mass is 35.5. The topological polar surface area (TPSA) is 33.6 Å². The van der Waals surface area contributed by atoms with Crippen molar-refractivity contribution in [2.24, 2.45) is 4.99 Å². The minimum atomic E-state index is 0. The number of aliphatic imine (C=N–C) groups is 1. The first-order chi connectivity index (χ1) is 8.81. The van der Waals surface area contributed by atoms with Gasteiger partial charge in [-0.2, -0.15) is 0 Å². The molecule has 1 aromatic rings. The molecule has 1 aromatic carbocycles. The first-order valence-corrected chi connectivity index (χ1v) is 6.82. The van der Waals surface area contributed by atoms with E-state index in [1.165, 1.54) is 12.0 Å². The van der Waals surface area contributed by atoms with Crippen LogP contribution in [0, 0.1) is 0 Å². The van der Waals surface area contributed by atoms with Crippen LogP contribution in [0.25, 0.3) is 0 Å². The Morgan fingerprint density at radius 1 is 1.32 bits per heavy atom. The maximum Gasteiger partial charge on any atom is 0.119 e. The number of nitrogens with one attached hydrogen (secondary N) is 1. The molecule has 1 heterocycles. The molecule has 2 rings (SSSR count). The fraction of sp³-hybridized carbons (Fsp3) is 0.533. The maximum absolute atomic E-state index is 5.66. The summed E-state index contributed by atoms with van der Waals surface area (Å²) < 4.78 is 5.66. The third-order valence-corrected chi connectivity index (χ3v) is 3.26. The molecule has 0 amide bonds. The minimum Gasteiger partial charge on any atom is -0.494 e. The van der Waals surface area contributed by atoms with E-state index in [4.69, 9.17) is 4.74 Å². The van der Waals surface area contributed by atoms with Crippen LogP contribution in [0.3, 0.4) is 0 Å². The average Bonchev–Trinajstić information content (AvgIpc) is 2.93. The van der Waals surface area contributed by atoms with Crippen LogP contribution in [0.4, 0.5) is 0 Å². The summed E-state index contributed by atoms with van der Waals surface area (Å²) in [7, 11) is 0. The summed E-state index contributed by atoms with van der Waals surface area (Å²) in [6, 6.07) is 8.37. The summed E-state index contributed by atoms with van der Waals surface area (Å²) in [4.78, 5) is 4.47. The number of nitrogens with zero attached hydrogens (tertiary/aromatic N) is 1. The SMILES string of the molecule is CCCCOc1ccc(C(C)C2=NCCN2)cc1.Cl. The van der Waals surface area contributed by atoms with Crippen LogP contribution >= 0.6 is 12.4 Å². The van der Waals surface area contributed by atoms with E-state index in [1.807, 2.05) is 0 Å². The third kappa shape index (κ3) is 4.43. The summed E-state index contributed by atoms with van der Waals surface area (Å²) in [6.07, 6.45) is 2.28. The van der Waals surface area contributed by atoms with Crippen molar-refractivity contribution in [2.45, 2.75) is 32.6 Å². The lowest BCUT2D eigenvalue weighted by Gasteiger charge is -2.13. The molecular weight excluding hydrogens is 260 g/mol. The van der Waals surface area contributed by atoms with Crippen molar-refractivity contribution in [3.8, 4) is 5.75 Å². The zero-order valence-electron chi connectivity index (χ0n) is 11.7. The fourth-order valence-corrected chi connectivity index (χ4v) is 2.05. The van der Waals surface area contributed by atoms with E-state index < -0.39 is 0 Å². The van der Waals surface area contributed by atoms with Crippen molar-refractivity contribution in [3.63, 3.8) is 0 Å². The van der Waals surface area contributed by atoms with E-state index in [2.05, 4.69) is 48.4 Å². The van der Waals surface area contributed by atoms with Gasteiger partial charge < -0.3 is 10.1 Å². The maximum atomic E-state index is 5.66. The van der Waals surface area contributed by atoms with E-state index >= 15 is 0 Å². The molecule has 19 heavy (non-hydrogen) atoms. The van der Waals surface area contributed by atoms with Crippen LogP contribution in [0.2, 0.25) is 0 Å². The van der Waals surface area contributed by atoms with Gasteiger partial charge in [0.25, 0.3) is 0 Å². The van der Waals surface area contributed by atoms with Gasteiger partial charge in [0.05, 0.1) is 13.2 Å². The van der Waals surface area contributed by atoms with Crippen molar-refractivity contribution >= 4 is 18.2 Å². The van der Waals surface area contributed by atoms with Crippen molar-refractivity contribution in [3.05, 3.63) is 29.8 Å². The Hall–Kier alpha value is -1.22. The van der Waals surface area contributed by atoms with Crippen LogP contribution in [0.5, 0.6) is 5.75 Å². The molecule has 0 saturated heterocycles. The molecule has 1 N–H and O–H groups in total. The lowest BCUT2D eigenvalue weighted by atomic mass is 10.00. The molecule has 0 saturated carbocycles. The highest BCUT2D eigenvalue weighted by molar-refractivity contribution is 5.89. The largest absolute Gasteiger partial charge is 0.494 e. The number of hydrogen-bond donors (Lipinski definition) is 1. The van der Waals surface area contributed by atoms with Gasteiger partial charge in [0, 0.05) is 12.5 Å². The molecule has 106 valence electrons.